The number of allylic oxidation sites excluding steroid dienone is 2. The SMILES string of the molecule is CCCCCC/C=C\COC(=O)CCCCCOC(=O)C(OC(=O)CCN1CCC1)C(OC(=O)CCN1CCC1)C(=O)OCCCCCC(=O)OC/C=C\CCCCCC. The van der Waals surface area contributed by atoms with E-state index in [1.807, 2.05) is 24.3 Å². The molecule has 0 amide bonds. The Kier molecular flexibility index (Phi) is 30.4. The molecule has 342 valence electrons. The lowest BCUT2D eigenvalue weighted by Crippen LogP contribution is -2.48. The first-order valence-corrected chi connectivity index (χ1v) is 23.0. The number of carbonyl (C=O) groups excluding carboxylic acids is 6. The van der Waals surface area contributed by atoms with Crippen molar-refractivity contribution < 1.29 is 57.2 Å². The standard InChI is InChI=1S/C46H76N2O12/c1-3-5-7-9-11-13-19-35-55-39(49)25-17-15-21-37-57-45(53)43(59-41(51)27-33-47-29-23-30-47)44(60-42(52)28-34-48-31-24-32-48)46(54)58-38-22-16-18-26-40(50)56-36-20-14-12-10-8-6-4-2/h13-14,19-20,43-44H,3-12,15-18,21-38H2,1-2H3/b19-13-,20-14-. The molecule has 0 aliphatic carbocycles. The number of nitrogens with zero attached hydrogens (tertiary/aromatic N) is 2. The van der Waals surface area contributed by atoms with Crippen LogP contribution in [0.25, 0.3) is 0 Å². The van der Waals surface area contributed by atoms with Gasteiger partial charge in [0, 0.05) is 25.9 Å². The Balaban J connectivity index is 1.89. The van der Waals surface area contributed by atoms with Crippen LogP contribution < -0.4 is 0 Å². The van der Waals surface area contributed by atoms with E-state index in [0.717, 1.165) is 64.7 Å². The van der Waals surface area contributed by atoms with Crippen LogP contribution in [0, 0.1) is 0 Å². The van der Waals surface area contributed by atoms with Crippen LogP contribution in [0.1, 0.15) is 155 Å². The first kappa shape index (κ1) is 52.4. The van der Waals surface area contributed by atoms with E-state index in [2.05, 4.69) is 23.6 Å². The molecule has 14 nitrogen and oxygen atoms in total. The van der Waals surface area contributed by atoms with Crippen molar-refractivity contribution >= 4 is 35.8 Å². The van der Waals surface area contributed by atoms with E-state index in [4.69, 9.17) is 28.4 Å². The lowest BCUT2D eigenvalue weighted by Gasteiger charge is -2.31. The van der Waals surface area contributed by atoms with Gasteiger partial charge in [-0.05, 0) is 103 Å². The third-order valence-electron chi connectivity index (χ3n) is 10.4. The van der Waals surface area contributed by atoms with E-state index in [9.17, 15) is 28.8 Å². The summed E-state index contributed by atoms with van der Waals surface area (Å²) in [5.41, 5.74) is 0. The van der Waals surface area contributed by atoms with Crippen molar-refractivity contribution in [1.82, 2.24) is 9.80 Å². The second-order valence-corrected chi connectivity index (χ2v) is 15.7. The molecule has 2 unspecified atom stereocenters. The lowest BCUT2D eigenvalue weighted by molar-refractivity contribution is -0.192. The van der Waals surface area contributed by atoms with Gasteiger partial charge in [-0.3, -0.25) is 19.2 Å². The largest absolute Gasteiger partial charge is 0.463 e. The van der Waals surface area contributed by atoms with Crippen LogP contribution in [0.5, 0.6) is 0 Å². The molecule has 0 radical (unpaired) electrons. The minimum atomic E-state index is -1.87. The van der Waals surface area contributed by atoms with Crippen LogP contribution in [-0.2, 0) is 57.2 Å². The molecule has 0 spiro atoms. The summed E-state index contributed by atoms with van der Waals surface area (Å²) in [5.74, 6) is -4.15. The number of hydrogen-bond acceptors (Lipinski definition) is 14. The molecule has 2 fully saturated rings. The molecular weight excluding hydrogens is 773 g/mol. The Bertz CT molecular complexity index is 1180. The van der Waals surface area contributed by atoms with E-state index >= 15 is 0 Å². The van der Waals surface area contributed by atoms with Crippen molar-refractivity contribution in [3.8, 4) is 0 Å². The Morgan fingerprint density at radius 2 is 0.850 bits per heavy atom. The summed E-state index contributed by atoms with van der Waals surface area (Å²) in [7, 11) is 0. The van der Waals surface area contributed by atoms with Crippen molar-refractivity contribution in [3.05, 3.63) is 24.3 Å². The molecule has 0 N–H and O–H groups in total. The maximum Gasteiger partial charge on any atom is 0.352 e. The Morgan fingerprint density at radius 1 is 0.450 bits per heavy atom. The van der Waals surface area contributed by atoms with E-state index in [1.165, 1.54) is 38.5 Å². The number of carbonyl (C=O) groups is 6. The number of rotatable bonds is 37. The van der Waals surface area contributed by atoms with Crippen LogP contribution >= 0.6 is 0 Å². The second-order valence-electron chi connectivity index (χ2n) is 15.7. The zero-order chi connectivity index (χ0) is 43.5. The van der Waals surface area contributed by atoms with Crippen LogP contribution in [0.3, 0.4) is 0 Å². The van der Waals surface area contributed by atoms with Crippen LogP contribution in [-0.4, -0.2) is 124 Å². The van der Waals surface area contributed by atoms with Gasteiger partial charge in [0.15, 0.2) is 0 Å². The molecule has 0 aromatic heterocycles. The third kappa shape index (κ3) is 26.4. The van der Waals surface area contributed by atoms with Crippen molar-refractivity contribution in [3.63, 3.8) is 0 Å². The van der Waals surface area contributed by atoms with E-state index in [1.54, 1.807) is 0 Å². The molecule has 60 heavy (non-hydrogen) atoms. The summed E-state index contributed by atoms with van der Waals surface area (Å²) >= 11 is 0. The van der Waals surface area contributed by atoms with Crippen molar-refractivity contribution in [1.29, 1.82) is 0 Å². The number of ether oxygens (including phenoxy) is 6. The van der Waals surface area contributed by atoms with Gasteiger partial charge in [0.05, 0.1) is 26.1 Å². The molecule has 2 heterocycles. The van der Waals surface area contributed by atoms with Gasteiger partial charge in [-0.2, -0.15) is 0 Å². The quantitative estimate of drug-likeness (QED) is 0.0264. The summed E-state index contributed by atoms with van der Waals surface area (Å²) in [4.78, 5) is 81.4. The molecule has 2 rings (SSSR count). The van der Waals surface area contributed by atoms with Gasteiger partial charge in [0.1, 0.15) is 13.2 Å². The summed E-state index contributed by atoms with van der Waals surface area (Å²) in [6.45, 7) is 8.95. The Morgan fingerprint density at radius 3 is 1.22 bits per heavy atom. The van der Waals surface area contributed by atoms with Gasteiger partial charge in [-0.15, -0.1) is 0 Å². The molecule has 2 saturated heterocycles. The van der Waals surface area contributed by atoms with E-state index in [-0.39, 0.29) is 64.0 Å². The van der Waals surface area contributed by atoms with Crippen LogP contribution in [0.4, 0.5) is 0 Å². The summed E-state index contributed by atoms with van der Waals surface area (Å²) in [5, 5.41) is 0. The molecule has 2 aliphatic rings. The number of hydrogen-bond donors (Lipinski definition) is 0. The fraction of sp³-hybridized carbons (Fsp3) is 0.783. The smallest absolute Gasteiger partial charge is 0.352 e. The Hall–Kier alpha value is -3.78. The van der Waals surface area contributed by atoms with Gasteiger partial charge >= 0.3 is 35.8 Å². The fourth-order valence-corrected chi connectivity index (χ4v) is 6.36. The predicted octanol–water partition coefficient (Wildman–Crippen LogP) is 7.35. The molecule has 0 saturated carbocycles. The molecule has 14 heteroatoms. The van der Waals surface area contributed by atoms with Gasteiger partial charge in [0.25, 0.3) is 0 Å². The van der Waals surface area contributed by atoms with Gasteiger partial charge in [-0.1, -0.05) is 76.7 Å². The predicted molar refractivity (Wildman–Crippen MR) is 228 cm³/mol. The van der Waals surface area contributed by atoms with Gasteiger partial charge in [-0.25, -0.2) is 9.59 Å². The zero-order valence-electron chi connectivity index (χ0n) is 36.9. The highest BCUT2D eigenvalue weighted by Crippen LogP contribution is 2.16. The average molecular weight is 849 g/mol. The number of unbranched alkanes of at least 4 members (excludes halogenated alkanes) is 12. The maximum absolute atomic E-state index is 13.5. The molecule has 2 atom stereocenters. The monoisotopic (exact) mass is 849 g/mol. The molecule has 0 aromatic carbocycles. The highest BCUT2D eigenvalue weighted by Gasteiger charge is 2.43. The highest BCUT2D eigenvalue weighted by molar-refractivity contribution is 5.89. The first-order chi connectivity index (χ1) is 29.2. The minimum Gasteiger partial charge on any atom is -0.463 e. The molecule has 2 aliphatic heterocycles. The summed E-state index contributed by atoms with van der Waals surface area (Å²) in [6.07, 6.45) is 20.9. The third-order valence-corrected chi connectivity index (χ3v) is 10.4. The second kappa shape index (κ2) is 34.9. The summed E-state index contributed by atoms with van der Waals surface area (Å²) < 4.78 is 32.6. The Labute approximate surface area is 359 Å². The van der Waals surface area contributed by atoms with Crippen molar-refractivity contribution in [2.24, 2.45) is 0 Å². The highest BCUT2D eigenvalue weighted by atomic mass is 16.6. The first-order valence-electron chi connectivity index (χ1n) is 23.0. The van der Waals surface area contributed by atoms with Crippen LogP contribution in [0.15, 0.2) is 24.3 Å². The van der Waals surface area contributed by atoms with Crippen molar-refractivity contribution in [2.75, 3.05) is 65.7 Å². The number of esters is 6. The molecule has 0 bridgehead atoms. The van der Waals surface area contributed by atoms with Crippen molar-refractivity contribution in [2.45, 2.75) is 167 Å². The fourth-order valence-electron chi connectivity index (χ4n) is 6.36. The average Bonchev–Trinajstić information content (AvgIpc) is 3.19. The van der Waals surface area contributed by atoms with Gasteiger partial charge < -0.3 is 38.2 Å². The van der Waals surface area contributed by atoms with E-state index < -0.39 is 36.1 Å². The minimum absolute atomic E-state index is 0.0307. The maximum atomic E-state index is 13.5. The zero-order valence-corrected chi connectivity index (χ0v) is 36.9. The number of likely N-dealkylation sites (tertiary alicyclic amines) is 2. The molecule has 0 aromatic rings. The van der Waals surface area contributed by atoms with Crippen LogP contribution in [0.2, 0.25) is 0 Å². The normalized spacial score (nSPS) is 15.2. The van der Waals surface area contributed by atoms with E-state index in [0.29, 0.717) is 51.6 Å². The summed E-state index contributed by atoms with van der Waals surface area (Å²) in [6, 6.07) is 0. The van der Waals surface area contributed by atoms with Gasteiger partial charge in [0.2, 0.25) is 12.2 Å². The lowest BCUT2D eigenvalue weighted by atomic mass is 10.1. The topological polar surface area (TPSA) is 164 Å². The molecular formula is C46H76N2O12.